The molecule has 0 saturated heterocycles. The van der Waals surface area contributed by atoms with Crippen LogP contribution in [0.25, 0.3) is 0 Å². The summed E-state index contributed by atoms with van der Waals surface area (Å²) in [5, 5.41) is 13.9. The molecule has 0 saturated carbocycles. The van der Waals surface area contributed by atoms with Crippen molar-refractivity contribution in [2.24, 2.45) is 0 Å². The minimum Gasteiger partial charge on any atom is -0.495 e. The number of nitrogens with zero attached hydrogens (tertiary/aromatic N) is 2. The van der Waals surface area contributed by atoms with Crippen molar-refractivity contribution in [3.05, 3.63) is 87.0 Å². The lowest BCUT2D eigenvalue weighted by Crippen LogP contribution is -2.38. The van der Waals surface area contributed by atoms with Gasteiger partial charge in [-0.3, -0.25) is 19.2 Å². The number of nitro groups is 1. The zero-order valence-corrected chi connectivity index (χ0v) is 21.0. The van der Waals surface area contributed by atoms with E-state index in [0.29, 0.717) is 11.3 Å². The van der Waals surface area contributed by atoms with Crippen LogP contribution >= 0.6 is 0 Å². The molecule has 1 amide bonds. The molecule has 3 rings (SSSR count). The summed E-state index contributed by atoms with van der Waals surface area (Å²) >= 11 is 0. The molecule has 0 aliphatic rings. The predicted octanol–water partition coefficient (Wildman–Crippen LogP) is 4.67. The van der Waals surface area contributed by atoms with Crippen molar-refractivity contribution >= 4 is 33.0 Å². The normalized spacial score (nSPS) is 11.1. The number of hydrogen-bond donors (Lipinski definition) is 1. The maximum absolute atomic E-state index is 13.8. The number of carbonyl (C=O) groups excluding carboxylic acids is 1. The smallest absolute Gasteiger partial charge is 0.274 e. The van der Waals surface area contributed by atoms with Gasteiger partial charge in [0.05, 0.1) is 29.0 Å². The standard InChI is InChI=1S/C25H27N3O6S/c1-16-9-12-23(34-5)24(13-16)35(32,33)27(20-11-10-17(2)18(3)14-20)15-25(29)26-21-7-6-8-22(19(21)4)28(30)31/h6-14H,15H2,1-5H3,(H,26,29). The van der Waals surface area contributed by atoms with Gasteiger partial charge in [-0.15, -0.1) is 0 Å². The molecule has 0 heterocycles. The van der Waals surface area contributed by atoms with E-state index >= 15 is 0 Å². The molecule has 0 radical (unpaired) electrons. The molecule has 0 aliphatic heterocycles. The van der Waals surface area contributed by atoms with Gasteiger partial charge in [-0.05, 0) is 74.7 Å². The number of sulfonamides is 1. The Kier molecular flexibility index (Phi) is 7.45. The Morgan fingerprint density at radius 2 is 1.74 bits per heavy atom. The van der Waals surface area contributed by atoms with Gasteiger partial charge in [0.1, 0.15) is 17.2 Å². The quantitative estimate of drug-likeness (QED) is 0.357. The van der Waals surface area contributed by atoms with E-state index < -0.39 is 27.4 Å². The Morgan fingerprint density at radius 3 is 2.37 bits per heavy atom. The molecule has 184 valence electrons. The lowest BCUT2D eigenvalue weighted by atomic mass is 10.1. The van der Waals surface area contributed by atoms with Crippen molar-refractivity contribution in [1.82, 2.24) is 0 Å². The third kappa shape index (κ3) is 5.43. The van der Waals surface area contributed by atoms with Gasteiger partial charge < -0.3 is 10.1 Å². The molecule has 9 nitrogen and oxygen atoms in total. The summed E-state index contributed by atoms with van der Waals surface area (Å²) in [5.41, 5.74) is 3.20. The van der Waals surface area contributed by atoms with Gasteiger partial charge in [0.25, 0.3) is 15.7 Å². The first-order chi connectivity index (χ1) is 16.4. The summed E-state index contributed by atoms with van der Waals surface area (Å²) in [7, 11) is -2.85. The van der Waals surface area contributed by atoms with Gasteiger partial charge in [0.2, 0.25) is 5.91 Å². The van der Waals surface area contributed by atoms with E-state index in [1.165, 1.54) is 38.3 Å². The molecule has 3 aromatic carbocycles. The van der Waals surface area contributed by atoms with E-state index in [1.807, 2.05) is 13.8 Å². The third-order valence-electron chi connectivity index (χ3n) is 5.73. The van der Waals surface area contributed by atoms with Crippen LogP contribution in [0.15, 0.2) is 59.5 Å². The minimum atomic E-state index is -4.23. The van der Waals surface area contributed by atoms with E-state index in [4.69, 9.17) is 4.74 Å². The summed E-state index contributed by atoms with van der Waals surface area (Å²) in [4.78, 5) is 23.7. The zero-order valence-electron chi connectivity index (χ0n) is 20.2. The Bertz CT molecular complexity index is 1400. The number of carbonyl (C=O) groups is 1. The first-order valence-corrected chi connectivity index (χ1v) is 12.2. The highest BCUT2D eigenvalue weighted by atomic mass is 32.2. The van der Waals surface area contributed by atoms with E-state index in [2.05, 4.69) is 5.32 Å². The number of aryl methyl sites for hydroxylation is 3. The second-order valence-corrected chi connectivity index (χ2v) is 10.0. The van der Waals surface area contributed by atoms with Crippen molar-refractivity contribution in [2.75, 3.05) is 23.3 Å². The summed E-state index contributed by atoms with van der Waals surface area (Å²) in [6.07, 6.45) is 0. The van der Waals surface area contributed by atoms with Crippen LogP contribution in [-0.2, 0) is 14.8 Å². The molecule has 35 heavy (non-hydrogen) atoms. The average molecular weight is 498 g/mol. The lowest BCUT2D eigenvalue weighted by molar-refractivity contribution is -0.385. The molecule has 0 unspecified atom stereocenters. The minimum absolute atomic E-state index is 0.0717. The van der Waals surface area contributed by atoms with E-state index in [9.17, 15) is 23.3 Å². The maximum atomic E-state index is 13.8. The van der Waals surface area contributed by atoms with Crippen molar-refractivity contribution in [2.45, 2.75) is 32.6 Å². The number of benzene rings is 3. The van der Waals surface area contributed by atoms with Gasteiger partial charge in [-0.2, -0.15) is 0 Å². The number of anilines is 2. The highest BCUT2D eigenvalue weighted by Gasteiger charge is 2.31. The maximum Gasteiger partial charge on any atom is 0.274 e. The van der Waals surface area contributed by atoms with Crippen LogP contribution in [-0.4, -0.2) is 32.9 Å². The number of ether oxygens (including phenoxy) is 1. The lowest BCUT2D eigenvalue weighted by Gasteiger charge is -2.26. The number of methoxy groups -OCH3 is 1. The van der Waals surface area contributed by atoms with E-state index in [1.54, 1.807) is 37.3 Å². The molecule has 10 heteroatoms. The average Bonchev–Trinajstić information content (AvgIpc) is 2.80. The number of nitrogens with one attached hydrogen (secondary N) is 1. The second kappa shape index (κ2) is 10.1. The predicted molar refractivity (Wildman–Crippen MR) is 135 cm³/mol. The molecule has 1 N–H and O–H groups in total. The van der Waals surface area contributed by atoms with Crippen molar-refractivity contribution in [1.29, 1.82) is 0 Å². The van der Waals surface area contributed by atoms with Gasteiger partial charge in [0, 0.05) is 6.07 Å². The highest BCUT2D eigenvalue weighted by Crippen LogP contribution is 2.32. The molecule has 0 atom stereocenters. The van der Waals surface area contributed by atoms with Gasteiger partial charge in [0.15, 0.2) is 0 Å². The third-order valence-corrected chi connectivity index (χ3v) is 7.52. The summed E-state index contributed by atoms with van der Waals surface area (Å²) in [6.45, 7) is 6.48. The zero-order chi connectivity index (χ0) is 25.9. The highest BCUT2D eigenvalue weighted by molar-refractivity contribution is 7.93. The first-order valence-electron chi connectivity index (χ1n) is 10.7. The second-order valence-electron chi connectivity index (χ2n) is 8.19. The molecule has 3 aromatic rings. The van der Waals surface area contributed by atoms with Crippen LogP contribution in [0.4, 0.5) is 17.1 Å². The van der Waals surface area contributed by atoms with Crippen LogP contribution in [0.5, 0.6) is 5.75 Å². The van der Waals surface area contributed by atoms with Gasteiger partial charge in [-0.25, -0.2) is 8.42 Å². The fourth-order valence-corrected chi connectivity index (χ4v) is 5.23. The molecule has 0 aromatic heterocycles. The Hall–Kier alpha value is -3.92. The molecular formula is C25H27N3O6S. The number of amides is 1. The molecule has 0 aliphatic carbocycles. The first kappa shape index (κ1) is 25.7. The van der Waals surface area contributed by atoms with Crippen LogP contribution in [0.3, 0.4) is 0 Å². The van der Waals surface area contributed by atoms with Crippen molar-refractivity contribution in [3.63, 3.8) is 0 Å². The summed E-state index contributed by atoms with van der Waals surface area (Å²) in [5.74, 6) is -0.499. The Morgan fingerprint density at radius 1 is 1.03 bits per heavy atom. The molecule has 0 spiro atoms. The van der Waals surface area contributed by atoms with E-state index in [0.717, 1.165) is 15.4 Å². The fourth-order valence-electron chi connectivity index (χ4n) is 3.58. The van der Waals surface area contributed by atoms with Crippen LogP contribution in [0, 0.1) is 37.8 Å². The van der Waals surface area contributed by atoms with Gasteiger partial charge >= 0.3 is 0 Å². The Labute approximate surface area is 204 Å². The van der Waals surface area contributed by atoms with Crippen molar-refractivity contribution in [3.8, 4) is 5.75 Å². The monoisotopic (exact) mass is 497 g/mol. The number of nitro benzene ring substituents is 1. The largest absolute Gasteiger partial charge is 0.495 e. The van der Waals surface area contributed by atoms with E-state index in [-0.39, 0.29) is 27.6 Å². The number of hydrogen-bond acceptors (Lipinski definition) is 6. The SMILES string of the molecule is COc1ccc(C)cc1S(=O)(=O)N(CC(=O)Nc1cccc([N+](=O)[O-])c1C)c1ccc(C)c(C)c1. The topological polar surface area (TPSA) is 119 Å². The Balaban J connectivity index is 2.06. The summed E-state index contributed by atoms with van der Waals surface area (Å²) < 4.78 is 34.0. The fraction of sp³-hybridized carbons (Fsp3) is 0.240. The summed E-state index contributed by atoms with van der Waals surface area (Å²) in [6, 6.07) is 14.2. The van der Waals surface area contributed by atoms with Crippen LogP contribution < -0.4 is 14.4 Å². The van der Waals surface area contributed by atoms with Crippen molar-refractivity contribution < 1.29 is 22.9 Å². The molecule has 0 bridgehead atoms. The number of rotatable bonds is 8. The van der Waals surface area contributed by atoms with Gasteiger partial charge in [-0.1, -0.05) is 18.2 Å². The molecular weight excluding hydrogens is 470 g/mol. The molecule has 0 fully saturated rings. The van der Waals surface area contributed by atoms with Crippen LogP contribution in [0.2, 0.25) is 0 Å². The van der Waals surface area contributed by atoms with Crippen LogP contribution in [0.1, 0.15) is 22.3 Å².